The molecule has 17 heavy (non-hydrogen) atoms. The standard InChI is InChI=1S/C11H15N3S3/c12-9(10-7-15-3-4-16-10)5-8-6-14-1-2-17-11(14)13-8/h1-2,6,9-10H,3-5,7,12H2. The minimum absolute atomic E-state index is 0.234. The van der Waals surface area contributed by atoms with Crippen molar-refractivity contribution in [2.75, 3.05) is 17.3 Å². The minimum atomic E-state index is 0.234. The molecule has 92 valence electrons. The van der Waals surface area contributed by atoms with E-state index in [1.54, 1.807) is 11.3 Å². The molecule has 0 spiro atoms. The smallest absolute Gasteiger partial charge is 0.193 e. The molecule has 3 heterocycles. The number of aromatic nitrogens is 2. The van der Waals surface area contributed by atoms with Crippen LogP contribution in [0.5, 0.6) is 0 Å². The molecule has 1 aliphatic rings. The van der Waals surface area contributed by atoms with Gasteiger partial charge in [0.05, 0.1) is 5.69 Å². The summed E-state index contributed by atoms with van der Waals surface area (Å²) >= 11 is 5.72. The van der Waals surface area contributed by atoms with Crippen molar-refractivity contribution < 1.29 is 0 Å². The summed E-state index contributed by atoms with van der Waals surface area (Å²) < 4.78 is 2.08. The molecular formula is C11H15N3S3. The van der Waals surface area contributed by atoms with Crippen LogP contribution < -0.4 is 5.73 Å². The molecule has 2 N–H and O–H groups in total. The van der Waals surface area contributed by atoms with Gasteiger partial charge in [-0.05, 0) is 0 Å². The average molecular weight is 285 g/mol. The highest BCUT2D eigenvalue weighted by Crippen LogP contribution is 2.27. The average Bonchev–Trinajstić information content (AvgIpc) is 2.90. The Morgan fingerprint density at radius 3 is 3.24 bits per heavy atom. The van der Waals surface area contributed by atoms with Crippen LogP contribution in [0.25, 0.3) is 4.96 Å². The van der Waals surface area contributed by atoms with Crippen LogP contribution in [0.1, 0.15) is 5.69 Å². The molecule has 0 saturated carbocycles. The molecular weight excluding hydrogens is 270 g/mol. The lowest BCUT2D eigenvalue weighted by molar-refractivity contribution is 0.656. The molecule has 0 radical (unpaired) electrons. The van der Waals surface area contributed by atoms with Crippen molar-refractivity contribution in [1.29, 1.82) is 0 Å². The lowest BCUT2D eigenvalue weighted by atomic mass is 10.1. The highest BCUT2D eigenvalue weighted by atomic mass is 32.2. The Kier molecular flexibility index (Phi) is 3.65. The normalized spacial score (nSPS) is 23.0. The van der Waals surface area contributed by atoms with Crippen molar-refractivity contribution in [2.24, 2.45) is 5.73 Å². The molecule has 2 aromatic heterocycles. The van der Waals surface area contributed by atoms with E-state index in [-0.39, 0.29) is 6.04 Å². The lowest BCUT2D eigenvalue weighted by Gasteiger charge is -2.26. The van der Waals surface area contributed by atoms with Gasteiger partial charge in [-0.25, -0.2) is 4.98 Å². The van der Waals surface area contributed by atoms with Crippen LogP contribution in [-0.2, 0) is 6.42 Å². The highest BCUT2D eigenvalue weighted by molar-refractivity contribution is 8.06. The third-order valence-electron chi connectivity index (χ3n) is 2.91. The van der Waals surface area contributed by atoms with Crippen molar-refractivity contribution in [1.82, 2.24) is 9.38 Å². The first-order valence-corrected chi connectivity index (χ1v) is 8.77. The summed E-state index contributed by atoms with van der Waals surface area (Å²) in [5.74, 6) is 3.70. The van der Waals surface area contributed by atoms with Crippen LogP contribution in [-0.4, -0.2) is 37.9 Å². The van der Waals surface area contributed by atoms with E-state index in [1.165, 1.54) is 17.3 Å². The Hall–Kier alpha value is -0.170. The number of hydrogen-bond donors (Lipinski definition) is 1. The molecule has 1 aliphatic heterocycles. The zero-order valence-electron chi connectivity index (χ0n) is 9.41. The van der Waals surface area contributed by atoms with Gasteiger partial charge < -0.3 is 5.73 Å². The lowest BCUT2D eigenvalue weighted by Crippen LogP contribution is -2.38. The summed E-state index contributed by atoms with van der Waals surface area (Å²) in [6.45, 7) is 0. The van der Waals surface area contributed by atoms with E-state index in [2.05, 4.69) is 21.0 Å². The number of hydrogen-bond acceptors (Lipinski definition) is 5. The maximum absolute atomic E-state index is 6.29. The van der Waals surface area contributed by atoms with Gasteiger partial charge in [0, 0.05) is 52.7 Å². The fourth-order valence-corrected chi connectivity index (χ4v) is 5.54. The Labute approximate surface area is 113 Å². The molecule has 2 atom stereocenters. The Balaban J connectivity index is 1.67. The summed E-state index contributed by atoms with van der Waals surface area (Å²) in [7, 11) is 0. The molecule has 1 fully saturated rings. The molecule has 3 nitrogen and oxygen atoms in total. The van der Waals surface area contributed by atoms with E-state index in [9.17, 15) is 0 Å². The first-order valence-electron chi connectivity index (χ1n) is 5.69. The largest absolute Gasteiger partial charge is 0.326 e. The van der Waals surface area contributed by atoms with Gasteiger partial charge in [0.1, 0.15) is 0 Å². The minimum Gasteiger partial charge on any atom is -0.326 e. The maximum atomic E-state index is 6.29. The second kappa shape index (κ2) is 5.22. The maximum Gasteiger partial charge on any atom is 0.193 e. The molecule has 1 saturated heterocycles. The second-order valence-electron chi connectivity index (χ2n) is 4.18. The van der Waals surface area contributed by atoms with Crippen LogP contribution in [0.4, 0.5) is 0 Å². The molecule has 0 aromatic carbocycles. The van der Waals surface area contributed by atoms with Gasteiger partial charge in [-0.3, -0.25) is 4.40 Å². The predicted molar refractivity (Wildman–Crippen MR) is 78.3 cm³/mol. The molecule has 3 rings (SSSR count). The van der Waals surface area contributed by atoms with E-state index in [4.69, 9.17) is 5.73 Å². The summed E-state index contributed by atoms with van der Waals surface area (Å²) in [4.78, 5) is 5.66. The second-order valence-corrected chi connectivity index (χ2v) is 7.55. The topological polar surface area (TPSA) is 43.3 Å². The van der Waals surface area contributed by atoms with Gasteiger partial charge in [0.25, 0.3) is 0 Å². The molecule has 0 amide bonds. The Morgan fingerprint density at radius 1 is 1.53 bits per heavy atom. The van der Waals surface area contributed by atoms with Gasteiger partial charge >= 0.3 is 0 Å². The third kappa shape index (κ3) is 2.65. The Morgan fingerprint density at radius 2 is 2.47 bits per heavy atom. The predicted octanol–water partition coefficient (Wildman–Crippen LogP) is 2.11. The van der Waals surface area contributed by atoms with Crippen molar-refractivity contribution in [3.63, 3.8) is 0 Å². The monoisotopic (exact) mass is 285 g/mol. The van der Waals surface area contributed by atoms with Crippen LogP contribution >= 0.6 is 34.9 Å². The third-order valence-corrected chi connectivity index (χ3v) is 6.62. The molecule has 2 aromatic rings. The number of nitrogens with zero attached hydrogens (tertiary/aromatic N) is 2. The first-order chi connectivity index (χ1) is 8.33. The van der Waals surface area contributed by atoms with Crippen molar-refractivity contribution >= 4 is 39.8 Å². The zero-order chi connectivity index (χ0) is 11.7. The van der Waals surface area contributed by atoms with E-state index in [1.807, 2.05) is 29.7 Å². The van der Waals surface area contributed by atoms with Crippen LogP contribution in [0.2, 0.25) is 0 Å². The van der Waals surface area contributed by atoms with E-state index in [0.29, 0.717) is 5.25 Å². The molecule has 2 unspecified atom stereocenters. The van der Waals surface area contributed by atoms with Gasteiger partial charge in [0.2, 0.25) is 0 Å². The van der Waals surface area contributed by atoms with Gasteiger partial charge in [-0.2, -0.15) is 23.5 Å². The highest BCUT2D eigenvalue weighted by Gasteiger charge is 2.22. The number of imidazole rings is 1. The van der Waals surface area contributed by atoms with Gasteiger partial charge in [-0.1, -0.05) is 0 Å². The molecule has 0 aliphatic carbocycles. The van der Waals surface area contributed by atoms with Crippen molar-refractivity contribution in [3.8, 4) is 0 Å². The summed E-state index contributed by atoms with van der Waals surface area (Å²) in [5, 5.41) is 2.65. The van der Waals surface area contributed by atoms with Crippen LogP contribution in [0.15, 0.2) is 17.8 Å². The number of nitrogens with two attached hydrogens (primary N) is 1. The SMILES string of the molecule is NC(Cc1cn2ccsc2n1)C1CSCCS1. The summed E-state index contributed by atoms with van der Waals surface area (Å²) in [6, 6.07) is 0.234. The van der Waals surface area contributed by atoms with Crippen LogP contribution in [0.3, 0.4) is 0 Å². The number of fused-ring (bicyclic) bond motifs is 1. The number of thiazole rings is 1. The van der Waals surface area contributed by atoms with E-state index < -0.39 is 0 Å². The Bertz CT molecular complexity index is 458. The first kappa shape index (κ1) is 11.9. The molecule has 6 heteroatoms. The van der Waals surface area contributed by atoms with Crippen LogP contribution in [0, 0.1) is 0 Å². The quantitative estimate of drug-likeness (QED) is 0.938. The molecule has 0 bridgehead atoms. The number of thioether (sulfide) groups is 2. The van der Waals surface area contributed by atoms with E-state index >= 15 is 0 Å². The summed E-state index contributed by atoms with van der Waals surface area (Å²) in [5.41, 5.74) is 7.42. The van der Waals surface area contributed by atoms with E-state index in [0.717, 1.165) is 17.1 Å². The fraction of sp³-hybridized carbons (Fsp3) is 0.545. The van der Waals surface area contributed by atoms with Crippen molar-refractivity contribution in [3.05, 3.63) is 23.5 Å². The fourth-order valence-electron chi connectivity index (χ4n) is 2.00. The zero-order valence-corrected chi connectivity index (χ0v) is 11.9. The van der Waals surface area contributed by atoms with Gasteiger partial charge in [0.15, 0.2) is 4.96 Å². The summed E-state index contributed by atoms with van der Waals surface area (Å²) in [6.07, 6.45) is 5.05. The van der Waals surface area contributed by atoms with Crippen molar-refractivity contribution in [2.45, 2.75) is 17.7 Å². The number of rotatable bonds is 3. The van der Waals surface area contributed by atoms with Gasteiger partial charge in [-0.15, -0.1) is 11.3 Å².